The molecular weight excluding hydrogens is 811 g/mol. The Morgan fingerprint density at radius 3 is 2.35 bits per heavy atom. The minimum Gasteiger partial charge on any atom is -0.487 e. The highest BCUT2D eigenvalue weighted by Crippen LogP contribution is 2.42. The van der Waals surface area contributed by atoms with Crippen LogP contribution in [0, 0.1) is 26.7 Å². The lowest BCUT2D eigenvalue weighted by atomic mass is 9.89. The number of rotatable bonds is 22. The molecule has 63 heavy (non-hydrogen) atoms. The van der Waals surface area contributed by atoms with Gasteiger partial charge in [0.05, 0.1) is 13.1 Å². The van der Waals surface area contributed by atoms with Crippen molar-refractivity contribution in [1.29, 1.82) is 0 Å². The number of unbranched alkanes of at least 4 members (excludes halogenated alkanes) is 1. The molecule has 5 amide bonds. The van der Waals surface area contributed by atoms with Gasteiger partial charge in [0.25, 0.3) is 0 Å². The summed E-state index contributed by atoms with van der Waals surface area (Å²) in [4.78, 5) is 79.1. The zero-order chi connectivity index (χ0) is 46.1. The molecule has 0 aromatic heterocycles. The molecule has 0 radical (unpaired) electrons. The number of benzene rings is 2. The third-order valence-electron chi connectivity index (χ3n) is 11.5. The summed E-state index contributed by atoms with van der Waals surface area (Å²) < 4.78 is 11.4. The maximum Gasteiger partial charge on any atom is 0.408 e. The zero-order valence-electron chi connectivity index (χ0n) is 37.5. The van der Waals surface area contributed by atoms with Gasteiger partial charge in [0, 0.05) is 50.5 Å². The summed E-state index contributed by atoms with van der Waals surface area (Å²) in [5.41, 5.74) is 12.5. The fraction of sp³-hybridized carbons (Fsp3) is 0.578. The zero-order valence-corrected chi connectivity index (χ0v) is 37.5. The van der Waals surface area contributed by atoms with Gasteiger partial charge in [-0.1, -0.05) is 30.3 Å². The average molecular weight is 878 g/mol. The van der Waals surface area contributed by atoms with Gasteiger partial charge >= 0.3 is 12.1 Å². The summed E-state index contributed by atoms with van der Waals surface area (Å²) in [5, 5.41) is 29.5. The van der Waals surface area contributed by atoms with E-state index in [9.17, 15) is 33.9 Å². The van der Waals surface area contributed by atoms with E-state index < -0.39 is 36.0 Å². The third kappa shape index (κ3) is 16.1. The van der Waals surface area contributed by atoms with Crippen molar-refractivity contribution in [3.63, 3.8) is 0 Å². The Kier molecular flexibility index (Phi) is 19.0. The molecule has 2 aliphatic heterocycles. The van der Waals surface area contributed by atoms with Crippen molar-refractivity contribution < 1.29 is 43.3 Å². The normalized spacial score (nSPS) is 17.5. The Bertz CT molecular complexity index is 1960. The minimum atomic E-state index is -1.17. The number of hydrogen-bond acceptors (Lipinski definition) is 10. The van der Waals surface area contributed by atoms with Gasteiger partial charge in [-0.2, -0.15) is 0 Å². The van der Waals surface area contributed by atoms with Crippen LogP contribution in [0.1, 0.15) is 99.1 Å². The van der Waals surface area contributed by atoms with Crippen molar-refractivity contribution in [3.05, 3.63) is 63.7 Å². The third-order valence-corrected chi connectivity index (χ3v) is 11.5. The number of alkyl carbamates (subject to hydrolysis) is 1. The molecule has 18 heteroatoms. The minimum absolute atomic E-state index is 0.0210. The van der Waals surface area contributed by atoms with Crippen LogP contribution in [-0.2, 0) is 48.3 Å². The number of carbonyl (C=O) groups excluding carboxylic acids is 5. The van der Waals surface area contributed by atoms with Crippen molar-refractivity contribution in [2.75, 3.05) is 32.7 Å². The maximum atomic E-state index is 13.5. The van der Waals surface area contributed by atoms with E-state index in [2.05, 4.69) is 76.8 Å². The number of aliphatic imine (C=N–C) groups is 1. The molecule has 346 valence electrons. The second kappa shape index (κ2) is 24.1. The molecule has 18 nitrogen and oxygen atoms in total. The predicted molar refractivity (Wildman–Crippen MR) is 238 cm³/mol. The number of amides is 5. The number of guanidine groups is 1. The van der Waals surface area contributed by atoms with Gasteiger partial charge in [-0.15, -0.1) is 0 Å². The number of nitrogens with two attached hydrogens (primary N) is 1. The number of fused-ring (bicyclic) bond motifs is 1. The SMILES string of the molecule is CC(=O)NCC(=O)N[C@@H](CCCNC(N)=NCc1c(C)c(C)c2c(c1C)CC(C)(C)O2)C(=O)NCC1CC(C(=O)NCCCC[C@H](NC(=O)OCc2ccccc2)C(=O)O)CCN1. The van der Waals surface area contributed by atoms with Crippen LogP contribution in [-0.4, -0.2) is 103 Å². The molecule has 2 heterocycles. The molecule has 1 fully saturated rings. The van der Waals surface area contributed by atoms with Crippen molar-refractivity contribution in [2.45, 2.75) is 130 Å². The monoisotopic (exact) mass is 878 g/mol. The molecule has 0 spiro atoms. The number of hydrogen-bond donors (Lipinski definition) is 9. The van der Waals surface area contributed by atoms with Crippen LogP contribution >= 0.6 is 0 Å². The first-order valence-corrected chi connectivity index (χ1v) is 21.8. The molecule has 2 aromatic carbocycles. The number of ether oxygens (including phenoxy) is 2. The fourth-order valence-corrected chi connectivity index (χ4v) is 7.79. The van der Waals surface area contributed by atoms with E-state index in [1.165, 1.54) is 12.5 Å². The van der Waals surface area contributed by atoms with Gasteiger partial charge in [0.1, 0.15) is 30.0 Å². The van der Waals surface area contributed by atoms with Gasteiger partial charge in [0.2, 0.25) is 23.6 Å². The van der Waals surface area contributed by atoms with Gasteiger partial charge in [-0.3, -0.25) is 19.2 Å². The summed E-state index contributed by atoms with van der Waals surface area (Å²) in [6.45, 7) is 13.4. The van der Waals surface area contributed by atoms with Gasteiger partial charge in [0.15, 0.2) is 5.96 Å². The molecule has 2 aromatic rings. The van der Waals surface area contributed by atoms with Crippen LogP contribution in [0.25, 0.3) is 0 Å². The van der Waals surface area contributed by atoms with Crippen molar-refractivity contribution in [1.82, 2.24) is 37.2 Å². The van der Waals surface area contributed by atoms with Crippen LogP contribution < -0.4 is 47.7 Å². The maximum absolute atomic E-state index is 13.5. The molecule has 0 saturated carbocycles. The predicted octanol–water partition coefficient (Wildman–Crippen LogP) is 2.28. The molecule has 2 aliphatic rings. The first-order chi connectivity index (χ1) is 29.9. The Hall–Kier alpha value is -5.91. The number of carboxylic acid groups (broad SMARTS) is 1. The summed E-state index contributed by atoms with van der Waals surface area (Å²) in [7, 11) is 0. The molecule has 10 N–H and O–H groups in total. The van der Waals surface area contributed by atoms with E-state index >= 15 is 0 Å². The van der Waals surface area contributed by atoms with E-state index in [1.54, 1.807) is 12.1 Å². The van der Waals surface area contributed by atoms with E-state index in [4.69, 9.17) is 15.2 Å². The molecule has 0 aliphatic carbocycles. The van der Waals surface area contributed by atoms with Crippen LogP contribution in [0.5, 0.6) is 5.75 Å². The lowest BCUT2D eigenvalue weighted by molar-refractivity contribution is -0.139. The number of carbonyl (C=O) groups is 6. The highest BCUT2D eigenvalue weighted by atomic mass is 16.5. The standard InChI is InChI=1S/C45H67N9O9/c1-27-28(2)39-34(22-45(5,6)63-39)29(3)35(27)24-52-43(46)49-19-12-16-36(53-38(56)25-50-30(4)55)41(58)51-23-33-21-32(17-20-47-33)40(57)48-18-11-10-15-37(42(59)60)54-44(61)62-26-31-13-8-7-9-14-31/h7-9,13-14,32-33,36-37,47H,10-12,15-26H2,1-6H3,(H,48,57)(H,50,55)(H,51,58)(H,53,56)(H,54,61)(H,59,60)(H3,46,49,52)/t32?,33?,36-,37-/m0/s1. The highest BCUT2D eigenvalue weighted by Gasteiger charge is 2.34. The molecule has 4 rings (SSSR count). The van der Waals surface area contributed by atoms with Crippen LogP contribution in [0.3, 0.4) is 0 Å². The molecular formula is C45H67N9O9. The van der Waals surface area contributed by atoms with Crippen LogP contribution in [0.2, 0.25) is 0 Å². The highest BCUT2D eigenvalue weighted by molar-refractivity contribution is 5.90. The van der Waals surface area contributed by atoms with Gasteiger partial charge < -0.3 is 57.5 Å². The number of carboxylic acids is 1. The van der Waals surface area contributed by atoms with E-state index in [-0.39, 0.29) is 67.9 Å². The Morgan fingerprint density at radius 2 is 1.63 bits per heavy atom. The molecule has 2 unspecified atom stereocenters. The van der Waals surface area contributed by atoms with Crippen LogP contribution in [0.4, 0.5) is 4.79 Å². The topological polar surface area (TPSA) is 264 Å². The van der Waals surface area contributed by atoms with Crippen molar-refractivity contribution in [3.8, 4) is 5.75 Å². The van der Waals surface area contributed by atoms with E-state index in [1.807, 2.05) is 18.2 Å². The first-order valence-electron chi connectivity index (χ1n) is 21.8. The van der Waals surface area contributed by atoms with Gasteiger partial charge in [-0.25, -0.2) is 14.6 Å². The Morgan fingerprint density at radius 1 is 0.921 bits per heavy atom. The Balaban J connectivity index is 1.19. The van der Waals surface area contributed by atoms with Gasteiger partial charge in [-0.05, 0) is 114 Å². The molecule has 4 atom stereocenters. The average Bonchev–Trinajstić information content (AvgIpc) is 3.59. The first kappa shape index (κ1) is 49.7. The number of nitrogens with one attached hydrogen (secondary N) is 7. The number of aliphatic carboxylic acids is 1. The lowest BCUT2D eigenvalue weighted by Gasteiger charge is -2.30. The largest absolute Gasteiger partial charge is 0.487 e. The second-order valence-corrected chi connectivity index (χ2v) is 17.0. The lowest BCUT2D eigenvalue weighted by Crippen LogP contribution is -2.53. The molecule has 1 saturated heterocycles. The summed E-state index contributed by atoms with van der Waals surface area (Å²) in [6.07, 6.45) is 2.95. The summed E-state index contributed by atoms with van der Waals surface area (Å²) in [5.74, 6) is -1.65. The van der Waals surface area contributed by atoms with Crippen molar-refractivity contribution >= 4 is 41.7 Å². The number of nitrogens with zero attached hydrogens (tertiary/aromatic N) is 1. The van der Waals surface area contributed by atoms with E-state index in [0.717, 1.165) is 40.0 Å². The second-order valence-electron chi connectivity index (χ2n) is 17.0. The summed E-state index contributed by atoms with van der Waals surface area (Å²) >= 11 is 0. The summed E-state index contributed by atoms with van der Waals surface area (Å²) in [6, 6.07) is 6.83. The number of piperidine rings is 1. The fourth-order valence-electron chi connectivity index (χ4n) is 7.79. The Labute approximate surface area is 370 Å². The van der Waals surface area contributed by atoms with E-state index in [0.29, 0.717) is 58.3 Å². The molecule has 0 bridgehead atoms. The van der Waals surface area contributed by atoms with Crippen molar-refractivity contribution in [2.24, 2.45) is 16.6 Å². The smallest absolute Gasteiger partial charge is 0.408 e. The quantitative estimate of drug-likeness (QED) is 0.0469. The van der Waals surface area contributed by atoms with Crippen LogP contribution in [0.15, 0.2) is 35.3 Å².